The number of halogens is 1. The van der Waals surface area contributed by atoms with Crippen molar-refractivity contribution in [1.82, 2.24) is 9.55 Å². The Hall–Kier alpha value is -2.97. The molecule has 8 heteroatoms. The van der Waals surface area contributed by atoms with Crippen LogP contribution in [0.1, 0.15) is 17.5 Å². The summed E-state index contributed by atoms with van der Waals surface area (Å²) in [4.78, 5) is 32.7. The molecule has 0 atom stereocenters. The van der Waals surface area contributed by atoms with E-state index >= 15 is 0 Å². The van der Waals surface area contributed by atoms with Gasteiger partial charge in [0.25, 0.3) is 5.56 Å². The number of amides is 1. The van der Waals surface area contributed by atoms with E-state index in [1.54, 1.807) is 16.7 Å². The van der Waals surface area contributed by atoms with Crippen LogP contribution in [0, 0.1) is 5.82 Å². The third kappa shape index (κ3) is 4.08. The number of hydrogen-bond donors (Lipinski definition) is 0. The van der Waals surface area contributed by atoms with Crippen LogP contribution in [0.3, 0.4) is 0 Å². The van der Waals surface area contributed by atoms with Gasteiger partial charge in [-0.05, 0) is 53.6 Å². The lowest BCUT2D eigenvalue weighted by atomic mass is 10.0. The number of anilines is 1. The number of rotatable bonds is 5. The number of benzene rings is 2. The Labute approximate surface area is 192 Å². The van der Waals surface area contributed by atoms with Crippen LogP contribution in [0.4, 0.5) is 10.1 Å². The lowest BCUT2D eigenvalue weighted by Crippen LogP contribution is -2.36. The molecule has 0 N–H and O–H groups in total. The first kappa shape index (κ1) is 20.9. The second-order valence-electron chi connectivity index (χ2n) is 7.61. The molecule has 32 heavy (non-hydrogen) atoms. The Morgan fingerprint density at radius 3 is 2.78 bits per heavy atom. The SMILES string of the molecule is O=C(CSc1nc2ccsc2c(=O)n1Cc1ccc(F)cc1)N1CCCc2ccccc21. The van der Waals surface area contributed by atoms with Crippen molar-refractivity contribution in [3.8, 4) is 0 Å². The van der Waals surface area contributed by atoms with Crippen LogP contribution in [0.15, 0.2) is 69.9 Å². The molecule has 0 unspecified atom stereocenters. The van der Waals surface area contributed by atoms with Crippen molar-refractivity contribution in [1.29, 1.82) is 0 Å². The number of carbonyl (C=O) groups is 1. The predicted molar refractivity (Wildman–Crippen MR) is 127 cm³/mol. The number of aryl methyl sites for hydroxylation is 1. The first-order valence-corrected chi connectivity index (χ1v) is 12.2. The van der Waals surface area contributed by atoms with Crippen molar-refractivity contribution >= 4 is 44.9 Å². The van der Waals surface area contributed by atoms with Gasteiger partial charge < -0.3 is 4.90 Å². The third-order valence-electron chi connectivity index (χ3n) is 5.52. The predicted octanol–water partition coefficient (Wildman–Crippen LogP) is 4.72. The zero-order valence-corrected chi connectivity index (χ0v) is 18.8. The average molecular weight is 466 g/mol. The van der Waals surface area contributed by atoms with Gasteiger partial charge in [0.05, 0.1) is 17.8 Å². The zero-order chi connectivity index (χ0) is 22.1. The second kappa shape index (κ2) is 8.88. The summed E-state index contributed by atoms with van der Waals surface area (Å²) < 4.78 is 15.5. The highest BCUT2D eigenvalue weighted by molar-refractivity contribution is 7.99. The molecule has 0 bridgehead atoms. The summed E-state index contributed by atoms with van der Waals surface area (Å²) in [5.74, 6) is -0.148. The fourth-order valence-electron chi connectivity index (χ4n) is 3.94. The number of nitrogens with zero attached hydrogens (tertiary/aromatic N) is 3. The number of para-hydroxylation sites is 1. The van der Waals surface area contributed by atoms with E-state index in [-0.39, 0.29) is 29.6 Å². The van der Waals surface area contributed by atoms with E-state index < -0.39 is 0 Å². The van der Waals surface area contributed by atoms with E-state index in [2.05, 4.69) is 11.1 Å². The molecule has 1 amide bonds. The van der Waals surface area contributed by atoms with Crippen LogP contribution in [-0.2, 0) is 17.8 Å². The Balaban J connectivity index is 1.43. The van der Waals surface area contributed by atoms with Gasteiger partial charge in [0.2, 0.25) is 5.91 Å². The molecule has 0 radical (unpaired) electrons. The van der Waals surface area contributed by atoms with Crippen LogP contribution in [-0.4, -0.2) is 27.8 Å². The summed E-state index contributed by atoms with van der Waals surface area (Å²) >= 11 is 2.62. The minimum atomic E-state index is -0.324. The molecule has 0 aliphatic carbocycles. The maximum atomic E-state index is 13.3. The maximum absolute atomic E-state index is 13.3. The van der Waals surface area contributed by atoms with E-state index in [0.29, 0.717) is 21.9 Å². The van der Waals surface area contributed by atoms with Crippen LogP contribution < -0.4 is 10.5 Å². The Morgan fingerprint density at radius 1 is 1.12 bits per heavy atom. The topological polar surface area (TPSA) is 55.2 Å². The van der Waals surface area contributed by atoms with Crippen LogP contribution in [0.5, 0.6) is 0 Å². The molecule has 0 saturated carbocycles. The molecule has 5 rings (SSSR count). The van der Waals surface area contributed by atoms with Crippen molar-refractivity contribution in [2.45, 2.75) is 24.5 Å². The highest BCUT2D eigenvalue weighted by Gasteiger charge is 2.23. The summed E-state index contributed by atoms with van der Waals surface area (Å²) in [7, 11) is 0. The average Bonchev–Trinajstić information content (AvgIpc) is 3.29. The van der Waals surface area contributed by atoms with Gasteiger partial charge in [-0.1, -0.05) is 42.1 Å². The summed E-state index contributed by atoms with van der Waals surface area (Å²) in [5, 5.41) is 2.33. The minimum Gasteiger partial charge on any atom is -0.311 e. The van der Waals surface area contributed by atoms with E-state index in [0.717, 1.165) is 24.1 Å². The Bertz CT molecular complexity index is 1350. The standard InChI is InChI=1S/C24H20FN3O2S2/c25-18-9-7-16(8-10-18)14-28-23(30)22-19(11-13-31-22)26-24(28)32-15-21(29)27-12-3-5-17-4-1-2-6-20(17)27/h1-2,4,6-11,13H,3,5,12,14-15H2. The van der Waals surface area contributed by atoms with Gasteiger partial charge in [0.15, 0.2) is 5.16 Å². The van der Waals surface area contributed by atoms with Crippen LogP contribution in [0.2, 0.25) is 0 Å². The van der Waals surface area contributed by atoms with E-state index in [4.69, 9.17) is 0 Å². The van der Waals surface area contributed by atoms with Crippen molar-refractivity contribution in [3.63, 3.8) is 0 Å². The monoisotopic (exact) mass is 465 g/mol. The molecule has 162 valence electrons. The molecule has 0 fully saturated rings. The highest BCUT2D eigenvalue weighted by atomic mass is 32.2. The maximum Gasteiger partial charge on any atom is 0.272 e. The van der Waals surface area contributed by atoms with Gasteiger partial charge >= 0.3 is 0 Å². The molecule has 0 spiro atoms. The zero-order valence-electron chi connectivity index (χ0n) is 17.2. The van der Waals surface area contributed by atoms with E-state index in [1.165, 1.54) is 40.8 Å². The van der Waals surface area contributed by atoms with Gasteiger partial charge in [-0.3, -0.25) is 14.2 Å². The van der Waals surface area contributed by atoms with Crippen molar-refractivity contribution in [2.24, 2.45) is 0 Å². The normalized spacial score (nSPS) is 13.3. The fraction of sp³-hybridized carbons (Fsp3) is 0.208. The first-order chi connectivity index (χ1) is 15.6. The summed E-state index contributed by atoms with van der Waals surface area (Å²) in [6.07, 6.45) is 1.91. The summed E-state index contributed by atoms with van der Waals surface area (Å²) in [6.45, 7) is 0.957. The van der Waals surface area contributed by atoms with Crippen LogP contribution >= 0.6 is 23.1 Å². The second-order valence-corrected chi connectivity index (χ2v) is 9.47. The lowest BCUT2D eigenvalue weighted by Gasteiger charge is -2.29. The molecule has 2 aromatic carbocycles. The molecule has 1 aliphatic rings. The lowest BCUT2D eigenvalue weighted by molar-refractivity contribution is -0.116. The first-order valence-electron chi connectivity index (χ1n) is 10.3. The van der Waals surface area contributed by atoms with Crippen molar-refractivity contribution < 1.29 is 9.18 Å². The van der Waals surface area contributed by atoms with Gasteiger partial charge in [-0.2, -0.15) is 0 Å². The third-order valence-corrected chi connectivity index (χ3v) is 7.37. The van der Waals surface area contributed by atoms with Gasteiger partial charge in [-0.25, -0.2) is 9.37 Å². The molecule has 3 heterocycles. The smallest absolute Gasteiger partial charge is 0.272 e. The quantitative estimate of drug-likeness (QED) is 0.316. The minimum absolute atomic E-state index is 0.00449. The van der Waals surface area contributed by atoms with Crippen molar-refractivity contribution in [3.05, 3.63) is 87.3 Å². The van der Waals surface area contributed by atoms with Gasteiger partial charge in [0, 0.05) is 12.2 Å². The molecule has 2 aromatic heterocycles. The Morgan fingerprint density at radius 2 is 1.94 bits per heavy atom. The molecule has 0 saturated heterocycles. The number of fused-ring (bicyclic) bond motifs is 2. The molecular weight excluding hydrogens is 445 g/mol. The van der Waals surface area contributed by atoms with Gasteiger partial charge in [-0.15, -0.1) is 11.3 Å². The van der Waals surface area contributed by atoms with Gasteiger partial charge in [0.1, 0.15) is 10.5 Å². The summed E-state index contributed by atoms with van der Waals surface area (Å²) in [6, 6.07) is 15.9. The van der Waals surface area contributed by atoms with Crippen molar-refractivity contribution in [2.75, 3.05) is 17.2 Å². The number of carbonyl (C=O) groups excluding carboxylic acids is 1. The fourth-order valence-corrected chi connectivity index (χ4v) is 5.60. The molecule has 1 aliphatic heterocycles. The van der Waals surface area contributed by atoms with E-state index in [1.807, 2.05) is 34.5 Å². The molecule has 4 aromatic rings. The molecular formula is C24H20FN3O2S2. The van der Waals surface area contributed by atoms with Crippen LogP contribution in [0.25, 0.3) is 10.2 Å². The number of thiophene rings is 1. The highest BCUT2D eigenvalue weighted by Crippen LogP contribution is 2.28. The number of thioether (sulfide) groups is 1. The number of hydrogen-bond acceptors (Lipinski definition) is 5. The molecule has 5 nitrogen and oxygen atoms in total. The number of aromatic nitrogens is 2. The van der Waals surface area contributed by atoms with E-state index in [9.17, 15) is 14.0 Å². The Kier molecular flexibility index (Phi) is 5.80. The summed E-state index contributed by atoms with van der Waals surface area (Å²) in [5.41, 5.74) is 3.43. The largest absolute Gasteiger partial charge is 0.311 e.